The van der Waals surface area contributed by atoms with Crippen molar-refractivity contribution in [3.05, 3.63) is 170 Å². The molecule has 0 N–H and O–H groups in total. The van der Waals surface area contributed by atoms with Gasteiger partial charge in [0, 0.05) is 54.5 Å². The number of nitrogens with zero attached hydrogens (tertiary/aromatic N) is 4. The first-order chi connectivity index (χ1) is 25.8. The molecule has 4 nitrogen and oxygen atoms in total. The first-order valence-corrected chi connectivity index (χ1v) is 17.8. The number of hydrogen-bond donors (Lipinski definition) is 0. The summed E-state index contributed by atoms with van der Waals surface area (Å²) < 4.78 is 4.89. The number of para-hydroxylation sites is 4. The van der Waals surface area contributed by atoms with Crippen molar-refractivity contribution in [1.82, 2.24) is 18.9 Å². The lowest BCUT2D eigenvalue weighted by Crippen LogP contribution is -1.97. The molecule has 12 aromatic rings. The van der Waals surface area contributed by atoms with Gasteiger partial charge in [0.15, 0.2) is 5.82 Å². The van der Waals surface area contributed by atoms with Crippen molar-refractivity contribution in [3.8, 4) is 28.3 Å². The second-order valence-corrected chi connectivity index (χ2v) is 13.8. The Hall–Kier alpha value is -7.04. The summed E-state index contributed by atoms with van der Waals surface area (Å²) in [7, 11) is 0. The van der Waals surface area contributed by atoms with Gasteiger partial charge in [-0.25, -0.2) is 9.97 Å². The third-order valence-electron chi connectivity index (χ3n) is 11.0. The first kappa shape index (κ1) is 27.7. The molecule has 0 aliphatic rings. The maximum absolute atomic E-state index is 5.23. The molecule has 0 bridgehead atoms. The summed E-state index contributed by atoms with van der Waals surface area (Å²) in [6, 6.07) is 61.0. The first-order valence-electron chi connectivity index (χ1n) is 17.8. The Labute approximate surface area is 297 Å². The standard InChI is InChI=1S/C48H28N4/c1-2-12-31-27-32(22-21-29(31)11-1)46-35-14-3-7-17-39(35)49-48(50-46)30-23-25-33(26-24-30)51-41-19-9-5-15-36(41)44-43(51)28-38-34-13-4-8-18-40(34)52-42-20-10-6-16-37(42)45(44)47(38)52/h1-28H. The van der Waals surface area contributed by atoms with Gasteiger partial charge in [0.05, 0.1) is 38.8 Å². The highest BCUT2D eigenvalue weighted by atomic mass is 15.0. The van der Waals surface area contributed by atoms with Crippen LogP contribution in [0.25, 0.3) is 110 Å². The third-order valence-corrected chi connectivity index (χ3v) is 11.0. The third kappa shape index (κ3) is 3.70. The Morgan fingerprint density at radius 2 is 1.00 bits per heavy atom. The molecule has 0 fully saturated rings. The molecule has 12 rings (SSSR count). The summed E-state index contributed by atoms with van der Waals surface area (Å²) in [4.78, 5) is 10.3. The number of benzene rings is 8. The molecule has 0 saturated carbocycles. The largest absolute Gasteiger partial charge is 0.309 e. The van der Waals surface area contributed by atoms with E-state index in [1.807, 2.05) is 6.07 Å². The zero-order valence-corrected chi connectivity index (χ0v) is 28.0. The highest BCUT2D eigenvalue weighted by Crippen LogP contribution is 2.46. The Morgan fingerprint density at radius 3 is 1.81 bits per heavy atom. The van der Waals surface area contributed by atoms with Crippen LogP contribution in [0, 0.1) is 0 Å². The average molecular weight is 661 g/mol. The van der Waals surface area contributed by atoms with E-state index in [-0.39, 0.29) is 0 Å². The molecule has 0 saturated heterocycles. The van der Waals surface area contributed by atoms with Crippen LogP contribution in [0.3, 0.4) is 0 Å². The van der Waals surface area contributed by atoms with Gasteiger partial charge < -0.3 is 8.97 Å². The molecule has 4 aromatic heterocycles. The topological polar surface area (TPSA) is 35.1 Å². The summed E-state index contributed by atoms with van der Waals surface area (Å²) in [6.45, 7) is 0. The normalized spacial score (nSPS) is 12.2. The van der Waals surface area contributed by atoms with E-state index in [0.29, 0.717) is 0 Å². The summed E-state index contributed by atoms with van der Waals surface area (Å²) in [6.07, 6.45) is 0. The predicted molar refractivity (Wildman–Crippen MR) is 217 cm³/mol. The highest BCUT2D eigenvalue weighted by molar-refractivity contribution is 6.35. The van der Waals surface area contributed by atoms with Crippen LogP contribution >= 0.6 is 0 Å². The van der Waals surface area contributed by atoms with Gasteiger partial charge in [-0.15, -0.1) is 0 Å². The van der Waals surface area contributed by atoms with Crippen molar-refractivity contribution in [1.29, 1.82) is 0 Å². The second-order valence-electron chi connectivity index (χ2n) is 13.8. The summed E-state index contributed by atoms with van der Waals surface area (Å²) in [5, 5.41) is 11.2. The van der Waals surface area contributed by atoms with Crippen LogP contribution in [0.15, 0.2) is 170 Å². The van der Waals surface area contributed by atoms with E-state index in [4.69, 9.17) is 9.97 Å². The molecule has 0 unspecified atom stereocenters. The second kappa shape index (κ2) is 10.3. The van der Waals surface area contributed by atoms with Crippen molar-refractivity contribution >= 4 is 81.6 Å². The van der Waals surface area contributed by atoms with Crippen LogP contribution in [0.1, 0.15) is 0 Å². The van der Waals surface area contributed by atoms with Crippen LogP contribution in [0.4, 0.5) is 0 Å². The number of rotatable bonds is 3. The Bertz CT molecular complexity index is 3400. The maximum Gasteiger partial charge on any atom is 0.160 e. The molecular weight excluding hydrogens is 633 g/mol. The molecule has 0 spiro atoms. The minimum absolute atomic E-state index is 0.718. The number of fused-ring (bicyclic) bond motifs is 12. The molecule has 0 aliphatic carbocycles. The van der Waals surface area contributed by atoms with Crippen molar-refractivity contribution in [2.24, 2.45) is 0 Å². The van der Waals surface area contributed by atoms with Gasteiger partial charge in [0.2, 0.25) is 0 Å². The number of aromatic nitrogens is 4. The van der Waals surface area contributed by atoms with E-state index in [0.717, 1.165) is 39.2 Å². The quantitative estimate of drug-likeness (QED) is 0.189. The molecule has 4 heteroatoms. The monoisotopic (exact) mass is 660 g/mol. The van der Waals surface area contributed by atoms with Crippen molar-refractivity contribution in [3.63, 3.8) is 0 Å². The summed E-state index contributed by atoms with van der Waals surface area (Å²) in [5.41, 5.74) is 11.2. The summed E-state index contributed by atoms with van der Waals surface area (Å²) in [5.74, 6) is 0.718. The molecule has 4 heterocycles. The van der Waals surface area contributed by atoms with Gasteiger partial charge in [-0.05, 0) is 71.4 Å². The Balaban J connectivity index is 1.09. The Morgan fingerprint density at radius 1 is 0.385 bits per heavy atom. The molecular formula is C48H28N4. The fourth-order valence-electron chi connectivity index (χ4n) is 8.76. The van der Waals surface area contributed by atoms with Crippen LogP contribution < -0.4 is 0 Å². The van der Waals surface area contributed by atoms with Gasteiger partial charge >= 0.3 is 0 Å². The Kier molecular flexibility index (Phi) is 5.47. The van der Waals surface area contributed by atoms with Crippen LogP contribution in [0.2, 0.25) is 0 Å². The van der Waals surface area contributed by atoms with E-state index < -0.39 is 0 Å². The molecule has 0 atom stereocenters. The van der Waals surface area contributed by atoms with Gasteiger partial charge in [0.25, 0.3) is 0 Å². The van der Waals surface area contributed by atoms with Crippen LogP contribution in [-0.2, 0) is 0 Å². The van der Waals surface area contributed by atoms with Gasteiger partial charge in [0.1, 0.15) is 0 Å². The predicted octanol–water partition coefficient (Wildman–Crippen LogP) is 12.4. The smallest absolute Gasteiger partial charge is 0.160 e. The zero-order chi connectivity index (χ0) is 33.9. The van der Waals surface area contributed by atoms with Gasteiger partial charge in [-0.1, -0.05) is 109 Å². The fraction of sp³-hybridized carbons (Fsp3) is 0. The van der Waals surface area contributed by atoms with Crippen molar-refractivity contribution < 1.29 is 0 Å². The number of hydrogen-bond acceptors (Lipinski definition) is 2. The lowest BCUT2D eigenvalue weighted by molar-refractivity contribution is 1.18. The fourth-order valence-corrected chi connectivity index (χ4v) is 8.76. The van der Waals surface area contributed by atoms with Gasteiger partial charge in [-0.2, -0.15) is 0 Å². The molecule has 240 valence electrons. The highest BCUT2D eigenvalue weighted by Gasteiger charge is 2.24. The minimum atomic E-state index is 0.718. The van der Waals surface area contributed by atoms with E-state index in [1.165, 1.54) is 70.7 Å². The molecule has 0 amide bonds. The van der Waals surface area contributed by atoms with Crippen molar-refractivity contribution in [2.45, 2.75) is 0 Å². The molecule has 0 aliphatic heterocycles. The minimum Gasteiger partial charge on any atom is -0.309 e. The van der Waals surface area contributed by atoms with E-state index in [1.54, 1.807) is 0 Å². The van der Waals surface area contributed by atoms with Crippen LogP contribution in [-0.4, -0.2) is 18.9 Å². The SMILES string of the molecule is c1ccc2cc(-c3nc(-c4ccc(-n5c6ccccc6c6c7c8ccccc8n8c9ccccc9c(cc65)c78)cc4)nc4ccccc34)ccc2c1. The summed E-state index contributed by atoms with van der Waals surface area (Å²) >= 11 is 0. The molecule has 8 aromatic carbocycles. The molecule has 52 heavy (non-hydrogen) atoms. The molecule has 0 radical (unpaired) electrons. The zero-order valence-electron chi connectivity index (χ0n) is 28.0. The maximum atomic E-state index is 5.23. The van der Waals surface area contributed by atoms with E-state index in [9.17, 15) is 0 Å². The van der Waals surface area contributed by atoms with Crippen molar-refractivity contribution in [2.75, 3.05) is 0 Å². The lowest BCUT2D eigenvalue weighted by atomic mass is 10.0. The lowest BCUT2D eigenvalue weighted by Gasteiger charge is -2.12. The van der Waals surface area contributed by atoms with E-state index in [2.05, 4.69) is 173 Å². The van der Waals surface area contributed by atoms with Gasteiger partial charge in [-0.3, -0.25) is 0 Å². The van der Waals surface area contributed by atoms with Crippen LogP contribution in [0.5, 0.6) is 0 Å². The average Bonchev–Trinajstić information content (AvgIpc) is 3.85. The van der Waals surface area contributed by atoms with E-state index >= 15 is 0 Å².